The Morgan fingerprint density at radius 2 is 1.86 bits per heavy atom. The molecule has 36 heavy (non-hydrogen) atoms. The van der Waals surface area contributed by atoms with Gasteiger partial charge in [-0.3, -0.25) is 4.79 Å². The van der Waals surface area contributed by atoms with Gasteiger partial charge in [0, 0.05) is 31.8 Å². The van der Waals surface area contributed by atoms with Crippen LogP contribution in [0.3, 0.4) is 0 Å². The van der Waals surface area contributed by atoms with Crippen molar-refractivity contribution in [3.8, 4) is 0 Å². The molecule has 0 saturated heterocycles. The van der Waals surface area contributed by atoms with Crippen LogP contribution in [0.5, 0.6) is 0 Å². The zero-order chi connectivity index (χ0) is 26.0. The number of nitrogen functional groups attached to an aromatic ring is 1. The second kappa shape index (κ2) is 10.8. The van der Waals surface area contributed by atoms with Gasteiger partial charge >= 0.3 is 5.97 Å². The number of hydrazine groups is 1. The maximum Gasteiger partial charge on any atom is 0.304 e. The lowest BCUT2D eigenvalue weighted by atomic mass is 9.84. The van der Waals surface area contributed by atoms with Crippen molar-refractivity contribution in [1.82, 2.24) is 4.31 Å². The molecule has 190 valence electrons. The van der Waals surface area contributed by atoms with Crippen LogP contribution in [-0.4, -0.2) is 32.4 Å². The molecular weight excluding hydrogens is 472 g/mol. The fourth-order valence-corrected chi connectivity index (χ4v) is 6.16. The Bertz CT molecular complexity index is 1310. The molecule has 1 aliphatic rings. The topological polar surface area (TPSA) is 113 Å². The van der Waals surface area contributed by atoms with E-state index >= 15 is 0 Å². The molecule has 0 bridgehead atoms. The number of anilines is 2. The van der Waals surface area contributed by atoms with Gasteiger partial charge in [-0.2, -0.15) is 0 Å². The number of carbonyl (C=O) groups is 1. The average molecular weight is 507 g/mol. The fourth-order valence-electron chi connectivity index (χ4n) is 4.94. The van der Waals surface area contributed by atoms with E-state index in [2.05, 4.69) is 18.2 Å². The lowest BCUT2D eigenvalue weighted by molar-refractivity contribution is -0.137. The van der Waals surface area contributed by atoms with Crippen LogP contribution in [0.4, 0.5) is 11.4 Å². The van der Waals surface area contributed by atoms with Crippen molar-refractivity contribution in [2.24, 2.45) is 5.84 Å². The van der Waals surface area contributed by atoms with Crippen LogP contribution in [0, 0.1) is 13.8 Å². The predicted molar refractivity (Wildman–Crippen MR) is 146 cm³/mol. The normalized spacial score (nSPS) is 16.7. The van der Waals surface area contributed by atoms with Gasteiger partial charge in [0.25, 0.3) is 0 Å². The molecule has 4 rings (SSSR count). The lowest BCUT2D eigenvalue weighted by Crippen LogP contribution is -2.26. The number of aliphatic carboxylic acids is 1. The molecule has 7 nitrogen and oxygen atoms in total. The molecule has 2 atom stereocenters. The first kappa shape index (κ1) is 25.9. The number of fused-ring (bicyclic) bond motifs is 1. The summed E-state index contributed by atoms with van der Waals surface area (Å²) in [5.41, 5.74) is 14.8. The minimum atomic E-state index is -1.10. The first-order valence-electron chi connectivity index (χ1n) is 12.0. The number of hydrogen-bond donors (Lipinski definition) is 3. The van der Waals surface area contributed by atoms with Gasteiger partial charge in [0.15, 0.2) is 0 Å². The van der Waals surface area contributed by atoms with E-state index in [1.807, 2.05) is 54.6 Å². The average Bonchev–Trinajstić information content (AvgIpc) is 2.99. The summed E-state index contributed by atoms with van der Waals surface area (Å²) in [5, 5.41) is 11.2. The summed E-state index contributed by atoms with van der Waals surface area (Å²) in [6, 6.07) is 18.1. The SMILES string of the molecule is Cc1ccc(C(CC(=O)O)c2ccc(N(C)N)c(N)c2C)cc1CN1Cc2ccccc2CCS1=O. The summed E-state index contributed by atoms with van der Waals surface area (Å²) in [4.78, 5) is 11.9. The molecule has 3 aromatic rings. The molecule has 2 unspecified atom stereocenters. The van der Waals surface area contributed by atoms with E-state index in [9.17, 15) is 14.1 Å². The standard InChI is InChI=1S/C28H34N4O3S/c1-18-8-9-21(25(15-27(33)34)24-10-11-26(31(3)30)28(29)19(24)2)14-23(18)17-32-16-22-7-5-4-6-20(22)12-13-36(32)35/h4-11,14,25H,12-13,15-17,29-30H2,1-3H3,(H,33,34). The van der Waals surface area contributed by atoms with Gasteiger partial charge in [0.1, 0.15) is 0 Å². The van der Waals surface area contributed by atoms with Crippen molar-refractivity contribution in [2.75, 3.05) is 23.5 Å². The Kier molecular flexibility index (Phi) is 7.78. The molecule has 1 aliphatic heterocycles. The van der Waals surface area contributed by atoms with Gasteiger partial charge in [-0.15, -0.1) is 0 Å². The number of nitrogens with two attached hydrogens (primary N) is 2. The van der Waals surface area contributed by atoms with Gasteiger partial charge in [0.2, 0.25) is 0 Å². The highest BCUT2D eigenvalue weighted by atomic mass is 32.2. The van der Waals surface area contributed by atoms with Gasteiger partial charge in [-0.1, -0.05) is 48.5 Å². The molecule has 1 heterocycles. The quantitative estimate of drug-likeness (QED) is 0.253. The summed E-state index contributed by atoms with van der Waals surface area (Å²) in [5.74, 6) is 5.24. The van der Waals surface area contributed by atoms with Crippen molar-refractivity contribution in [2.45, 2.75) is 45.7 Å². The van der Waals surface area contributed by atoms with Crippen LogP contribution < -0.4 is 16.6 Å². The zero-order valence-corrected chi connectivity index (χ0v) is 21.8. The summed E-state index contributed by atoms with van der Waals surface area (Å²) < 4.78 is 15.1. The van der Waals surface area contributed by atoms with Crippen LogP contribution in [0.2, 0.25) is 0 Å². The molecule has 0 spiro atoms. The van der Waals surface area contributed by atoms with Gasteiger partial charge in [-0.05, 0) is 65.3 Å². The second-order valence-electron chi connectivity index (χ2n) is 9.50. The highest BCUT2D eigenvalue weighted by molar-refractivity contribution is 7.82. The molecule has 0 fully saturated rings. The number of carboxylic acids is 1. The molecule has 0 aromatic heterocycles. The minimum absolute atomic E-state index is 0.0659. The number of hydrogen-bond acceptors (Lipinski definition) is 5. The van der Waals surface area contributed by atoms with E-state index in [4.69, 9.17) is 11.6 Å². The van der Waals surface area contributed by atoms with E-state index in [1.165, 1.54) is 16.1 Å². The van der Waals surface area contributed by atoms with Crippen molar-refractivity contribution in [3.63, 3.8) is 0 Å². The fraction of sp³-hybridized carbons (Fsp3) is 0.321. The molecule has 8 heteroatoms. The smallest absolute Gasteiger partial charge is 0.304 e. The van der Waals surface area contributed by atoms with Crippen molar-refractivity contribution < 1.29 is 14.1 Å². The first-order valence-corrected chi connectivity index (χ1v) is 13.3. The third-order valence-electron chi connectivity index (χ3n) is 7.09. The number of benzene rings is 3. The summed E-state index contributed by atoms with van der Waals surface area (Å²) >= 11 is 0. The Morgan fingerprint density at radius 1 is 1.14 bits per heavy atom. The van der Waals surface area contributed by atoms with Gasteiger partial charge in [-0.25, -0.2) is 14.4 Å². The summed E-state index contributed by atoms with van der Waals surface area (Å²) in [6.07, 6.45) is 0.733. The molecule has 0 saturated carbocycles. The van der Waals surface area contributed by atoms with Crippen LogP contribution in [0.1, 0.15) is 51.3 Å². The highest BCUT2D eigenvalue weighted by Gasteiger charge is 2.25. The van der Waals surface area contributed by atoms with Crippen molar-refractivity contribution >= 4 is 28.3 Å². The number of nitrogens with zero attached hydrogens (tertiary/aromatic N) is 2. The van der Waals surface area contributed by atoms with Crippen LogP contribution in [-0.2, 0) is 35.3 Å². The Hall–Kier alpha value is -3.20. The van der Waals surface area contributed by atoms with E-state index in [1.54, 1.807) is 7.05 Å². The third-order valence-corrected chi connectivity index (χ3v) is 8.48. The van der Waals surface area contributed by atoms with E-state index in [0.717, 1.165) is 34.2 Å². The molecule has 0 aliphatic carbocycles. The number of aryl methyl sites for hydroxylation is 2. The van der Waals surface area contributed by atoms with Crippen LogP contribution >= 0.6 is 0 Å². The zero-order valence-electron chi connectivity index (χ0n) is 21.0. The minimum Gasteiger partial charge on any atom is -0.481 e. The summed E-state index contributed by atoms with van der Waals surface area (Å²) in [7, 11) is 0.619. The maximum absolute atomic E-state index is 13.1. The molecule has 5 N–H and O–H groups in total. The molecule has 0 radical (unpaired) electrons. The molecule has 3 aromatic carbocycles. The molecular formula is C28H34N4O3S. The molecule has 0 amide bonds. The van der Waals surface area contributed by atoms with Crippen molar-refractivity contribution in [1.29, 1.82) is 0 Å². The summed E-state index contributed by atoms with van der Waals surface area (Å²) in [6.45, 7) is 5.09. The van der Waals surface area contributed by atoms with Gasteiger partial charge < -0.3 is 15.8 Å². The maximum atomic E-state index is 13.1. The monoisotopic (exact) mass is 506 g/mol. The Balaban J connectivity index is 1.70. The Morgan fingerprint density at radius 3 is 2.56 bits per heavy atom. The third kappa shape index (κ3) is 5.46. The van der Waals surface area contributed by atoms with E-state index in [-0.39, 0.29) is 12.3 Å². The number of carboxylic acid groups (broad SMARTS) is 1. The van der Waals surface area contributed by atoms with Crippen LogP contribution in [0.15, 0.2) is 54.6 Å². The highest BCUT2D eigenvalue weighted by Crippen LogP contribution is 2.37. The van der Waals surface area contributed by atoms with Crippen molar-refractivity contribution in [3.05, 3.63) is 93.5 Å². The lowest BCUT2D eigenvalue weighted by Gasteiger charge is -2.25. The van der Waals surface area contributed by atoms with Crippen LogP contribution in [0.25, 0.3) is 0 Å². The van der Waals surface area contributed by atoms with E-state index in [0.29, 0.717) is 30.2 Å². The predicted octanol–water partition coefficient (Wildman–Crippen LogP) is 4.02. The van der Waals surface area contributed by atoms with Gasteiger partial charge in [0.05, 0.1) is 28.8 Å². The van der Waals surface area contributed by atoms with E-state index < -0.39 is 17.0 Å². The second-order valence-corrected chi connectivity index (χ2v) is 11.1. The largest absolute Gasteiger partial charge is 0.481 e. The Labute approximate surface area is 215 Å². The number of rotatable bonds is 7. The first-order chi connectivity index (χ1) is 17.2.